The Bertz CT molecular complexity index is 427. The molecule has 1 fully saturated rings. The van der Waals surface area contributed by atoms with Gasteiger partial charge in [-0.1, -0.05) is 6.07 Å². The molecular weight excluding hydrogens is 216 g/mol. The Kier molecular flexibility index (Phi) is 3.07. The van der Waals surface area contributed by atoms with Crippen LogP contribution < -0.4 is 15.4 Å². The molecule has 0 heterocycles. The molecule has 2 N–H and O–H groups in total. The third-order valence-corrected chi connectivity index (χ3v) is 3.44. The Balaban J connectivity index is 2.19. The Labute approximate surface area is 101 Å². The highest BCUT2D eigenvalue weighted by atomic mass is 16.5. The molecule has 0 saturated heterocycles. The number of rotatable bonds is 4. The molecule has 1 aromatic carbocycles. The van der Waals surface area contributed by atoms with Gasteiger partial charge in [-0.25, -0.2) is 0 Å². The molecule has 2 rings (SSSR count). The maximum absolute atomic E-state index is 12.3. The maximum atomic E-state index is 12.3. The first-order valence-corrected chi connectivity index (χ1v) is 5.75. The monoisotopic (exact) mass is 234 g/mol. The van der Waals surface area contributed by atoms with Gasteiger partial charge in [-0.15, -0.1) is 0 Å². The summed E-state index contributed by atoms with van der Waals surface area (Å²) in [6, 6.07) is 7.48. The maximum Gasteiger partial charge on any atom is 0.234 e. The van der Waals surface area contributed by atoms with Gasteiger partial charge in [0.25, 0.3) is 0 Å². The van der Waals surface area contributed by atoms with E-state index in [1.807, 2.05) is 24.3 Å². The molecule has 0 spiro atoms. The summed E-state index contributed by atoms with van der Waals surface area (Å²) in [6.07, 6.45) is 1.80. The molecule has 1 aliphatic rings. The summed E-state index contributed by atoms with van der Waals surface area (Å²) >= 11 is 0. The minimum atomic E-state index is -0.308. The van der Waals surface area contributed by atoms with E-state index in [4.69, 9.17) is 10.5 Å². The van der Waals surface area contributed by atoms with Crippen LogP contribution in [0.2, 0.25) is 0 Å². The Morgan fingerprint density at radius 3 is 2.76 bits per heavy atom. The first kappa shape index (κ1) is 11.9. The molecule has 1 amide bonds. The molecule has 1 saturated carbocycles. The first-order chi connectivity index (χ1) is 8.13. The summed E-state index contributed by atoms with van der Waals surface area (Å²) in [5.74, 6) is 0.855. The van der Waals surface area contributed by atoms with Gasteiger partial charge in [0.1, 0.15) is 5.75 Å². The minimum Gasteiger partial charge on any atom is -0.497 e. The van der Waals surface area contributed by atoms with Gasteiger partial charge in [0.15, 0.2) is 0 Å². The predicted molar refractivity (Wildman–Crippen MR) is 67.1 cm³/mol. The number of ether oxygens (including phenoxy) is 1. The van der Waals surface area contributed by atoms with Gasteiger partial charge in [0, 0.05) is 25.3 Å². The summed E-state index contributed by atoms with van der Waals surface area (Å²) in [6.45, 7) is 0.431. The second kappa shape index (κ2) is 4.37. The molecule has 4 heteroatoms. The highest BCUT2D eigenvalue weighted by Crippen LogP contribution is 2.46. The lowest BCUT2D eigenvalue weighted by atomic mass is 10.1. The summed E-state index contributed by atoms with van der Waals surface area (Å²) in [7, 11) is 3.40. The molecular formula is C13H18N2O2. The summed E-state index contributed by atoms with van der Waals surface area (Å²) in [5.41, 5.74) is 6.20. The Morgan fingerprint density at radius 2 is 2.24 bits per heavy atom. The van der Waals surface area contributed by atoms with Crippen LogP contribution in [0, 0.1) is 5.41 Å². The normalized spacial score (nSPS) is 16.4. The number of hydrogen-bond acceptors (Lipinski definition) is 3. The molecule has 4 nitrogen and oxygen atoms in total. The van der Waals surface area contributed by atoms with Gasteiger partial charge >= 0.3 is 0 Å². The SMILES string of the molecule is COc1cccc(N(C)C(=O)C2(CN)CC2)c1. The second-order valence-electron chi connectivity index (χ2n) is 4.55. The minimum absolute atomic E-state index is 0.105. The van der Waals surface area contributed by atoms with Crippen molar-refractivity contribution in [1.82, 2.24) is 0 Å². The van der Waals surface area contributed by atoms with Gasteiger partial charge in [0.2, 0.25) is 5.91 Å². The zero-order valence-corrected chi connectivity index (χ0v) is 10.3. The van der Waals surface area contributed by atoms with Crippen molar-refractivity contribution in [2.24, 2.45) is 11.1 Å². The van der Waals surface area contributed by atoms with Crippen molar-refractivity contribution >= 4 is 11.6 Å². The van der Waals surface area contributed by atoms with Gasteiger partial charge in [-0.05, 0) is 25.0 Å². The van der Waals surface area contributed by atoms with E-state index >= 15 is 0 Å². The number of hydrogen-bond donors (Lipinski definition) is 1. The smallest absolute Gasteiger partial charge is 0.234 e. The quantitative estimate of drug-likeness (QED) is 0.856. The summed E-state index contributed by atoms with van der Waals surface area (Å²) in [4.78, 5) is 13.9. The summed E-state index contributed by atoms with van der Waals surface area (Å²) in [5, 5.41) is 0. The van der Waals surface area contributed by atoms with Crippen LogP contribution in [0.25, 0.3) is 0 Å². The number of nitrogens with zero attached hydrogens (tertiary/aromatic N) is 1. The van der Waals surface area contributed by atoms with E-state index in [-0.39, 0.29) is 11.3 Å². The summed E-state index contributed by atoms with van der Waals surface area (Å²) < 4.78 is 5.15. The predicted octanol–water partition coefficient (Wildman–Crippen LogP) is 1.40. The van der Waals surface area contributed by atoms with E-state index in [2.05, 4.69) is 0 Å². The van der Waals surface area contributed by atoms with Crippen molar-refractivity contribution in [2.45, 2.75) is 12.8 Å². The number of amides is 1. The molecule has 0 bridgehead atoms. The fourth-order valence-corrected chi connectivity index (χ4v) is 1.95. The van der Waals surface area contributed by atoms with Gasteiger partial charge in [0.05, 0.1) is 12.5 Å². The van der Waals surface area contributed by atoms with Crippen LogP contribution in [0.5, 0.6) is 5.75 Å². The van der Waals surface area contributed by atoms with Crippen LogP contribution in [0.15, 0.2) is 24.3 Å². The molecule has 1 aliphatic carbocycles. The molecule has 92 valence electrons. The van der Waals surface area contributed by atoms with Crippen molar-refractivity contribution < 1.29 is 9.53 Å². The lowest BCUT2D eigenvalue weighted by Crippen LogP contribution is -2.38. The van der Waals surface area contributed by atoms with Crippen molar-refractivity contribution in [1.29, 1.82) is 0 Å². The molecule has 0 unspecified atom stereocenters. The highest BCUT2D eigenvalue weighted by Gasteiger charge is 2.50. The van der Waals surface area contributed by atoms with Gasteiger partial charge < -0.3 is 15.4 Å². The third kappa shape index (κ3) is 2.13. The van der Waals surface area contributed by atoms with Crippen LogP contribution in [-0.4, -0.2) is 26.6 Å². The van der Waals surface area contributed by atoms with Crippen molar-refractivity contribution in [2.75, 3.05) is 25.6 Å². The number of anilines is 1. The molecule has 17 heavy (non-hydrogen) atoms. The largest absolute Gasteiger partial charge is 0.497 e. The van der Waals surface area contributed by atoms with E-state index in [9.17, 15) is 4.79 Å². The standard InChI is InChI=1S/C13H18N2O2/c1-15(12(16)13(9-14)6-7-13)10-4-3-5-11(8-10)17-2/h3-5,8H,6-7,9,14H2,1-2H3. The number of nitrogens with two attached hydrogens (primary N) is 1. The van der Waals surface area contributed by atoms with Crippen LogP contribution in [-0.2, 0) is 4.79 Å². The third-order valence-electron chi connectivity index (χ3n) is 3.44. The molecule has 0 aliphatic heterocycles. The highest BCUT2D eigenvalue weighted by molar-refractivity contribution is 5.99. The molecule has 0 aromatic heterocycles. The fourth-order valence-electron chi connectivity index (χ4n) is 1.95. The zero-order chi connectivity index (χ0) is 12.5. The Morgan fingerprint density at radius 1 is 1.53 bits per heavy atom. The number of methoxy groups -OCH3 is 1. The topological polar surface area (TPSA) is 55.6 Å². The zero-order valence-electron chi connectivity index (χ0n) is 10.3. The van der Waals surface area contributed by atoms with Crippen LogP contribution >= 0.6 is 0 Å². The average Bonchev–Trinajstić information content (AvgIpc) is 3.18. The van der Waals surface area contributed by atoms with Gasteiger partial charge in [-0.2, -0.15) is 0 Å². The van der Waals surface area contributed by atoms with Crippen molar-refractivity contribution in [3.63, 3.8) is 0 Å². The fraction of sp³-hybridized carbons (Fsp3) is 0.462. The molecule has 0 radical (unpaired) electrons. The van der Waals surface area contributed by atoms with E-state index in [0.29, 0.717) is 6.54 Å². The first-order valence-electron chi connectivity index (χ1n) is 5.75. The lowest BCUT2D eigenvalue weighted by Gasteiger charge is -2.22. The number of carbonyl (C=O) groups excluding carboxylic acids is 1. The van der Waals surface area contributed by atoms with Crippen LogP contribution in [0.3, 0.4) is 0 Å². The number of carbonyl (C=O) groups is 1. The number of benzene rings is 1. The molecule has 0 atom stereocenters. The molecule has 1 aromatic rings. The van der Waals surface area contributed by atoms with Crippen LogP contribution in [0.1, 0.15) is 12.8 Å². The van der Waals surface area contributed by atoms with E-state index in [1.165, 1.54) is 0 Å². The van der Waals surface area contributed by atoms with Gasteiger partial charge in [-0.3, -0.25) is 4.79 Å². The second-order valence-corrected chi connectivity index (χ2v) is 4.55. The van der Waals surface area contributed by atoms with E-state index < -0.39 is 0 Å². The van der Waals surface area contributed by atoms with Crippen LogP contribution in [0.4, 0.5) is 5.69 Å². The van der Waals surface area contributed by atoms with E-state index in [1.54, 1.807) is 19.1 Å². The lowest BCUT2D eigenvalue weighted by molar-refractivity contribution is -0.123. The van der Waals surface area contributed by atoms with Crippen molar-refractivity contribution in [3.8, 4) is 5.75 Å². The van der Waals surface area contributed by atoms with E-state index in [0.717, 1.165) is 24.3 Å². The average molecular weight is 234 g/mol. The van der Waals surface area contributed by atoms with Crippen molar-refractivity contribution in [3.05, 3.63) is 24.3 Å². The Hall–Kier alpha value is -1.55.